The van der Waals surface area contributed by atoms with Crippen LogP contribution >= 0.6 is 0 Å². The zero-order valence-electron chi connectivity index (χ0n) is 13.2. The van der Waals surface area contributed by atoms with E-state index < -0.39 is 18.2 Å². The summed E-state index contributed by atoms with van der Waals surface area (Å²) in [7, 11) is 0. The molecule has 0 bridgehead atoms. The molecule has 0 fully saturated rings. The summed E-state index contributed by atoms with van der Waals surface area (Å²) in [5.41, 5.74) is 0.173. The second-order valence-corrected chi connectivity index (χ2v) is 4.65. The predicted octanol–water partition coefficient (Wildman–Crippen LogP) is 2.95. The molecule has 1 aromatic carbocycles. The Hall–Kier alpha value is -2.66. The van der Waals surface area contributed by atoms with Crippen molar-refractivity contribution in [3.8, 4) is 5.75 Å². The van der Waals surface area contributed by atoms with E-state index >= 15 is 0 Å². The molecule has 1 atom stereocenters. The maximum Gasteiger partial charge on any atom is 0.343 e. The van der Waals surface area contributed by atoms with E-state index in [2.05, 4.69) is 19.7 Å². The highest BCUT2D eigenvalue weighted by molar-refractivity contribution is 5.93. The van der Waals surface area contributed by atoms with Crippen molar-refractivity contribution < 1.29 is 19.1 Å². The van der Waals surface area contributed by atoms with Crippen molar-refractivity contribution in [3.05, 3.63) is 67.8 Å². The molecule has 0 aliphatic heterocycles. The monoisotopic (exact) mass is 315 g/mol. The molecule has 0 heterocycles. The van der Waals surface area contributed by atoms with Crippen LogP contribution in [0.2, 0.25) is 0 Å². The summed E-state index contributed by atoms with van der Waals surface area (Å²) in [6.07, 6.45) is 4.25. The summed E-state index contributed by atoms with van der Waals surface area (Å²) in [6.45, 7) is 13.3. The van der Waals surface area contributed by atoms with Gasteiger partial charge in [0.1, 0.15) is 11.3 Å². The van der Waals surface area contributed by atoms with Gasteiger partial charge in [-0.05, 0) is 18.2 Å². The molecule has 1 aromatic rings. The van der Waals surface area contributed by atoms with Crippen LogP contribution in [0.15, 0.2) is 62.2 Å². The maximum absolute atomic E-state index is 12.4. The Morgan fingerprint density at radius 2 is 1.78 bits per heavy atom. The second kappa shape index (κ2) is 9.38. The SMILES string of the molecule is C=CCN(CC=C)C(C=C)OC(=O)c1ccccc1OC(C)=O. The molecule has 0 aliphatic carbocycles. The van der Waals surface area contributed by atoms with Gasteiger partial charge >= 0.3 is 11.9 Å². The van der Waals surface area contributed by atoms with E-state index in [9.17, 15) is 9.59 Å². The topological polar surface area (TPSA) is 55.8 Å². The van der Waals surface area contributed by atoms with Crippen molar-refractivity contribution in [1.29, 1.82) is 0 Å². The van der Waals surface area contributed by atoms with Gasteiger partial charge in [0.15, 0.2) is 6.23 Å². The number of ether oxygens (including phenoxy) is 2. The quantitative estimate of drug-likeness (QED) is 0.303. The van der Waals surface area contributed by atoms with Crippen LogP contribution in [0.3, 0.4) is 0 Å². The van der Waals surface area contributed by atoms with Gasteiger partial charge in [0.05, 0.1) is 0 Å². The van der Waals surface area contributed by atoms with Crippen LogP contribution < -0.4 is 4.74 Å². The molecule has 0 amide bonds. The second-order valence-electron chi connectivity index (χ2n) is 4.65. The Balaban J connectivity index is 2.95. The smallest absolute Gasteiger partial charge is 0.343 e. The van der Waals surface area contributed by atoms with Gasteiger partial charge in [-0.25, -0.2) is 4.79 Å². The van der Waals surface area contributed by atoms with E-state index in [0.717, 1.165) is 0 Å². The van der Waals surface area contributed by atoms with Gasteiger partial charge < -0.3 is 9.47 Å². The lowest BCUT2D eigenvalue weighted by molar-refractivity contribution is -0.131. The molecule has 5 heteroatoms. The molecular formula is C18H21NO4. The lowest BCUT2D eigenvalue weighted by Gasteiger charge is -2.27. The minimum Gasteiger partial charge on any atom is -0.439 e. The highest BCUT2D eigenvalue weighted by Crippen LogP contribution is 2.20. The van der Waals surface area contributed by atoms with Crippen LogP contribution in [-0.4, -0.2) is 36.2 Å². The number of hydrogen-bond donors (Lipinski definition) is 0. The lowest BCUT2D eigenvalue weighted by atomic mass is 10.2. The molecule has 0 spiro atoms. The van der Waals surface area contributed by atoms with E-state index in [1.54, 1.807) is 24.3 Å². The number of para-hydroxylation sites is 1. The van der Waals surface area contributed by atoms with Crippen LogP contribution in [0.25, 0.3) is 0 Å². The van der Waals surface area contributed by atoms with E-state index in [0.29, 0.717) is 13.1 Å². The molecule has 1 unspecified atom stereocenters. The highest BCUT2D eigenvalue weighted by atomic mass is 16.6. The number of hydrogen-bond acceptors (Lipinski definition) is 5. The van der Waals surface area contributed by atoms with Crippen LogP contribution in [0.5, 0.6) is 5.75 Å². The average molecular weight is 315 g/mol. The van der Waals surface area contributed by atoms with Crippen LogP contribution in [0, 0.1) is 0 Å². The molecule has 0 aromatic heterocycles. The van der Waals surface area contributed by atoms with Gasteiger partial charge in [0.2, 0.25) is 0 Å². The molecular weight excluding hydrogens is 294 g/mol. The third-order valence-corrected chi connectivity index (χ3v) is 2.88. The van der Waals surface area contributed by atoms with Crippen LogP contribution in [0.1, 0.15) is 17.3 Å². The lowest BCUT2D eigenvalue weighted by Crippen LogP contribution is -2.37. The molecule has 0 saturated carbocycles. The molecule has 5 nitrogen and oxygen atoms in total. The summed E-state index contributed by atoms with van der Waals surface area (Å²) in [6, 6.07) is 6.40. The standard InChI is InChI=1S/C18H21NO4/c1-5-12-19(13-6-2)17(7-3)23-18(21)15-10-8-9-11-16(15)22-14(4)20/h5-11,17H,1-3,12-13H2,4H3. The normalized spacial score (nSPS) is 11.4. The summed E-state index contributed by atoms with van der Waals surface area (Å²) >= 11 is 0. The molecule has 1 rings (SSSR count). The summed E-state index contributed by atoms with van der Waals surface area (Å²) in [5.74, 6) is -0.956. The van der Waals surface area contributed by atoms with Gasteiger partial charge in [-0.2, -0.15) is 0 Å². The number of carbonyl (C=O) groups is 2. The van der Waals surface area contributed by atoms with Crippen molar-refractivity contribution in [1.82, 2.24) is 4.90 Å². The van der Waals surface area contributed by atoms with E-state index in [4.69, 9.17) is 9.47 Å². The number of esters is 2. The Morgan fingerprint density at radius 3 is 2.30 bits per heavy atom. The fourth-order valence-electron chi connectivity index (χ4n) is 1.94. The number of rotatable bonds is 9. The minimum atomic E-state index is -0.649. The largest absolute Gasteiger partial charge is 0.439 e. The van der Waals surface area contributed by atoms with E-state index in [1.165, 1.54) is 25.1 Å². The Bertz CT molecular complexity index is 584. The van der Waals surface area contributed by atoms with Crippen molar-refractivity contribution in [2.24, 2.45) is 0 Å². The summed E-state index contributed by atoms with van der Waals surface area (Å²) in [4.78, 5) is 25.3. The van der Waals surface area contributed by atoms with Crippen molar-refractivity contribution in [2.45, 2.75) is 13.2 Å². The molecule has 23 heavy (non-hydrogen) atoms. The first-order valence-electron chi connectivity index (χ1n) is 7.10. The Morgan fingerprint density at radius 1 is 1.17 bits per heavy atom. The van der Waals surface area contributed by atoms with Gasteiger partial charge in [-0.15, -0.1) is 13.2 Å². The average Bonchev–Trinajstić information content (AvgIpc) is 2.52. The number of benzene rings is 1. The summed E-state index contributed by atoms with van der Waals surface area (Å²) in [5, 5.41) is 0. The summed E-state index contributed by atoms with van der Waals surface area (Å²) < 4.78 is 10.5. The first kappa shape index (κ1) is 18.4. The van der Waals surface area contributed by atoms with Gasteiger partial charge in [-0.1, -0.05) is 30.9 Å². The fourth-order valence-corrected chi connectivity index (χ4v) is 1.94. The third-order valence-electron chi connectivity index (χ3n) is 2.88. The van der Waals surface area contributed by atoms with E-state index in [-0.39, 0.29) is 11.3 Å². The van der Waals surface area contributed by atoms with Gasteiger partial charge in [-0.3, -0.25) is 9.69 Å². The first-order chi connectivity index (χ1) is 11.0. The van der Waals surface area contributed by atoms with Crippen LogP contribution in [0.4, 0.5) is 0 Å². The number of nitrogens with zero attached hydrogens (tertiary/aromatic N) is 1. The van der Waals surface area contributed by atoms with E-state index in [1.807, 2.05) is 4.90 Å². The van der Waals surface area contributed by atoms with Crippen LogP contribution in [-0.2, 0) is 9.53 Å². The molecule has 0 radical (unpaired) electrons. The molecule has 122 valence electrons. The first-order valence-corrected chi connectivity index (χ1v) is 7.10. The Labute approximate surface area is 136 Å². The zero-order chi connectivity index (χ0) is 17.2. The van der Waals surface area contributed by atoms with Gasteiger partial charge in [0, 0.05) is 20.0 Å². The minimum absolute atomic E-state index is 0.159. The third kappa shape index (κ3) is 5.56. The maximum atomic E-state index is 12.4. The van der Waals surface area contributed by atoms with Crippen molar-refractivity contribution >= 4 is 11.9 Å². The highest BCUT2D eigenvalue weighted by Gasteiger charge is 2.21. The molecule has 0 saturated heterocycles. The molecule has 0 N–H and O–H groups in total. The van der Waals surface area contributed by atoms with Crippen molar-refractivity contribution in [3.63, 3.8) is 0 Å². The van der Waals surface area contributed by atoms with Crippen molar-refractivity contribution in [2.75, 3.05) is 13.1 Å². The fraction of sp³-hybridized carbons (Fsp3) is 0.222. The number of carbonyl (C=O) groups excluding carboxylic acids is 2. The zero-order valence-corrected chi connectivity index (χ0v) is 13.2. The molecule has 0 aliphatic rings. The van der Waals surface area contributed by atoms with Gasteiger partial charge in [0.25, 0.3) is 0 Å². The predicted molar refractivity (Wildman–Crippen MR) is 89.1 cm³/mol. The Kier molecular flexibility index (Phi) is 7.50.